The molecule has 1 N–H and O–H groups in total. The minimum absolute atomic E-state index is 0.0686. The van der Waals surface area contributed by atoms with Crippen molar-refractivity contribution in [2.75, 3.05) is 6.54 Å². The number of benzene rings is 1. The Bertz CT molecular complexity index is 840. The molecule has 5 nitrogen and oxygen atoms in total. The molecule has 0 aliphatic heterocycles. The van der Waals surface area contributed by atoms with Gasteiger partial charge in [-0.1, -0.05) is 17.3 Å². The van der Waals surface area contributed by atoms with Gasteiger partial charge in [-0.25, -0.2) is 0 Å². The molecule has 0 bridgehead atoms. The van der Waals surface area contributed by atoms with Crippen molar-refractivity contribution in [2.24, 2.45) is 0 Å². The summed E-state index contributed by atoms with van der Waals surface area (Å²) in [7, 11) is 0. The van der Waals surface area contributed by atoms with Crippen molar-refractivity contribution in [1.82, 2.24) is 10.5 Å². The second-order valence-corrected chi connectivity index (χ2v) is 6.15. The molecule has 0 unspecified atom stereocenters. The molecule has 0 saturated carbocycles. The third-order valence-electron chi connectivity index (χ3n) is 4.24. The van der Waals surface area contributed by atoms with Crippen LogP contribution in [-0.2, 0) is 6.42 Å². The largest absolute Gasteiger partial charge is 0.461 e. The molecule has 5 heteroatoms. The average Bonchev–Trinajstić information content (AvgIpc) is 3.18. The van der Waals surface area contributed by atoms with Gasteiger partial charge in [0.15, 0.2) is 0 Å². The van der Waals surface area contributed by atoms with Crippen LogP contribution in [0.1, 0.15) is 39.6 Å². The van der Waals surface area contributed by atoms with Crippen LogP contribution < -0.4 is 5.32 Å². The Morgan fingerprint density at radius 1 is 1.08 bits per heavy atom. The highest BCUT2D eigenvalue weighted by atomic mass is 16.5. The Balaban J connectivity index is 1.51. The highest BCUT2D eigenvalue weighted by molar-refractivity contribution is 5.94. The number of hydrogen-bond donors (Lipinski definition) is 1. The summed E-state index contributed by atoms with van der Waals surface area (Å²) < 4.78 is 10.7. The highest BCUT2D eigenvalue weighted by Crippen LogP contribution is 2.22. The molecule has 0 fully saturated rings. The van der Waals surface area contributed by atoms with E-state index in [1.165, 1.54) is 0 Å². The number of furan rings is 1. The van der Waals surface area contributed by atoms with Crippen LogP contribution in [0.3, 0.4) is 0 Å². The van der Waals surface area contributed by atoms with Gasteiger partial charge in [0.2, 0.25) is 0 Å². The fourth-order valence-corrected chi connectivity index (χ4v) is 2.80. The molecule has 0 atom stereocenters. The number of amides is 1. The third kappa shape index (κ3) is 3.99. The first kappa shape index (κ1) is 17.0. The molecule has 0 aliphatic carbocycles. The second-order valence-electron chi connectivity index (χ2n) is 6.15. The van der Waals surface area contributed by atoms with Gasteiger partial charge in [-0.15, -0.1) is 0 Å². The first-order valence-electron chi connectivity index (χ1n) is 8.41. The predicted octanol–water partition coefficient (Wildman–Crippen LogP) is 4.22. The Labute approximate surface area is 147 Å². The number of hydrogen-bond acceptors (Lipinski definition) is 4. The quantitative estimate of drug-likeness (QED) is 0.683. The lowest BCUT2D eigenvalue weighted by Crippen LogP contribution is -2.24. The van der Waals surface area contributed by atoms with E-state index in [-0.39, 0.29) is 5.91 Å². The molecular weight excluding hydrogens is 316 g/mol. The van der Waals surface area contributed by atoms with Crippen molar-refractivity contribution in [1.29, 1.82) is 0 Å². The maximum atomic E-state index is 12.2. The number of rotatable bonds is 6. The van der Waals surface area contributed by atoms with E-state index in [9.17, 15) is 4.79 Å². The lowest BCUT2D eigenvalue weighted by molar-refractivity contribution is 0.0953. The zero-order valence-electron chi connectivity index (χ0n) is 14.8. The van der Waals surface area contributed by atoms with Crippen LogP contribution in [0.2, 0.25) is 0 Å². The first-order chi connectivity index (χ1) is 12.0. The fourth-order valence-electron chi connectivity index (χ4n) is 2.80. The maximum Gasteiger partial charge on any atom is 0.251 e. The van der Waals surface area contributed by atoms with Crippen molar-refractivity contribution in [3.05, 3.63) is 64.7 Å². The Hall–Kier alpha value is -2.82. The lowest BCUT2D eigenvalue weighted by Gasteiger charge is -2.06. The molecule has 0 spiro atoms. The lowest BCUT2D eigenvalue weighted by atomic mass is 10.1. The van der Waals surface area contributed by atoms with Crippen molar-refractivity contribution in [2.45, 2.75) is 33.6 Å². The monoisotopic (exact) mass is 338 g/mol. The van der Waals surface area contributed by atoms with Gasteiger partial charge < -0.3 is 14.3 Å². The van der Waals surface area contributed by atoms with E-state index < -0.39 is 0 Å². The van der Waals surface area contributed by atoms with Crippen LogP contribution in [0.25, 0.3) is 11.3 Å². The minimum Gasteiger partial charge on any atom is -0.461 e. The van der Waals surface area contributed by atoms with Crippen molar-refractivity contribution in [3.63, 3.8) is 0 Å². The number of carbonyl (C=O) groups is 1. The molecule has 1 aromatic carbocycles. The van der Waals surface area contributed by atoms with E-state index in [1.807, 2.05) is 57.2 Å². The Morgan fingerprint density at radius 3 is 2.44 bits per heavy atom. The highest BCUT2D eigenvalue weighted by Gasteiger charge is 2.10. The number of aromatic nitrogens is 1. The SMILES string of the molecule is Cc1ccc(-c2ccc(C(=O)NCCCc3c(C)noc3C)cc2)o1. The normalized spacial score (nSPS) is 10.8. The maximum absolute atomic E-state index is 12.2. The molecule has 130 valence electrons. The standard InChI is InChI=1S/C20H22N2O3/c1-13-6-11-19(24-13)16-7-9-17(10-8-16)20(23)21-12-4-5-18-14(2)22-25-15(18)3/h6-11H,4-5,12H2,1-3H3,(H,21,23). The molecule has 3 rings (SSSR count). The smallest absolute Gasteiger partial charge is 0.251 e. The number of carbonyl (C=O) groups excluding carboxylic acids is 1. The van der Waals surface area contributed by atoms with E-state index in [4.69, 9.17) is 8.94 Å². The molecule has 0 aliphatic rings. The predicted molar refractivity (Wildman–Crippen MR) is 95.5 cm³/mol. The zero-order valence-corrected chi connectivity index (χ0v) is 14.8. The van der Waals surface area contributed by atoms with Crippen LogP contribution in [-0.4, -0.2) is 17.6 Å². The molecule has 25 heavy (non-hydrogen) atoms. The summed E-state index contributed by atoms with van der Waals surface area (Å²) in [6, 6.07) is 11.3. The fraction of sp³-hybridized carbons (Fsp3) is 0.300. The number of nitrogens with one attached hydrogen (secondary N) is 1. The van der Waals surface area contributed by atoms with Crippen molar-refractivity contribution < 1.29 is 13.7 Å². The zero-order chi connectivity index (χ0) is 17.8. The van der Waals surface area contributed by atoms with Crippen LogP contribution in [0.15, 0.2) is 45.3 Å². The summed E-state index contributed by atoms with van der Waals surface area (Å²) in [5.41, 5.74) is 3.66. The van der Waals surface area contributed by atoms with Crippen LogP contribution >= 0.6 is 0 Å². The van der Waals surface area contributed by atoms with Crippen molar-refractivity contribution >= 4 is 5.91 Å². The van der Waals surface area contributed by atoms with Gasteiger partial charge in [0.05, 0.1) is 5.69 Å². The van der Waals surface area contributed by atoms with Crippen LogP contribution in [0.5, 0.6) is 0 Å². The average molecular weight is 338 g/mol. The molecule has 0 radical (unpaired) electrons. The van der Waals surface area contributed by atoms with E-state index in [1.54, 1.807) is 0 Å². The van der Waals surface area contributed by atoms with Crippen LogP contribution in [0.4, 0.5) is 0 Å². The molecular formula is C20H22N2O3. The van der Waals surface area contributed by atoms with Gasteiger partial charge in [0.25, 0.3) is 5.91 Å². The first-order valence-corrected chi connectivity index (χ1v) is 8.41. The third-order valence-corrected chi connectivity index (χ3v) is 4.24. The molecule has 2 aromatic heterocycles. The Kier molecular flexibility index (Phi) is 5.03. The summed E-state index contributed by atoms with van der Waals surface area (Å²) in [5, 5.41) is 6.89. The van der Waals surface area contributed by atoms with E-state index >= 15 is 0 Å². The minimum atomic E-state index is -0.0686. The van der Waals surface area contributed by atoms with E-state index in [2.05, 4.69) is 10.5 Å². The van der Waals surface area contributed by atoms with E-state index in [0.29, 0.717) is 12.1 Å². The number of nitrogens with zero attached hydrogens (tertiary/aromatic N) is 1. The van der Waals surface area contributed by atoms with Gasteiger partial charge in [0.1, 0.15) is 17.3 Å². The molecule has 2 heterocycles. The van der Waals surface area contributed by atoms with Crippen molar-refractivity contribution in [3.8, 4) is 11.3 Å². The molecule has 1 amide bonds. The summed E-state index contributed by atoms with van der Waals surface area (Å²) in [6.07, 6.45) is 1.69. The summed E-state index contributed by atoms with van der Waals surface area (Å²) in [6.45, 7) is 6.37. The Morgan fingerprint density at radius 2 is 1.84 bits per heavy atom. The van der Waals surface area contributed by atoms with E-state index in [0.717, 1.165) is 46.9 Å². The van der Waals surface area contributed by atoms with Crippen LogP contribution in [0, 0.1) is 20.8 Å². The summed E-state index contributed by atoms with van der Waals surface area (Å²) in [4.78, 5) is 12.2. The summed E-state index contributed by atoms with van der Waals surface area (Å²) >= 11 is 0. The van der Waals surface area contributed by atoms with Gasteiger partial charge in [-0.3, -0.25) is 4.79 Å². The van der Waals surface area contributed by atoms with Gasteiger partial charge >= 0.3 is 0 Å². The van der Waals surface area contributed by atoms with Gasteiger partial charge in [0, 0.05) is 23.2 Å². The molecule has 3 aromatic rings. The van der Waals surface area contributed by atoms with Gasteiger partial charge in [-0.05, 0) is 57.9 Å². The second kappa shape index (κ2) is 7.38. The topological polar surface area (TPSA) is 68.3 Å². The summed E-state index contributed by atoms with van der Waals surface area (Å²) in [5.74, 6) is 2.47. The molecule has 0 saturated heterocycles. The van der Waals surface area contributed by atoms with Gasteiger partial charge in [-0.2, -0.15) is 0 Å². The number of aryl methyl sites for hydroxylation is 3.